The van der Waals surface area contributed by atoms with Crippen molar-refractivity contribution in [1.29, 1.82) is 0 Å². The van der Waals surface area contributed by atoms with E-state index in [1.165, 1.54) is 6.26 Å². The Bertz CT molecular complexity index is 833. The van der Waals surface area contributed by atoms with Crippen LogP contribution in [0.15, 0.2) is 29.2 Å². The highest BCUT2D eigenvalue weighted by Crippen LogP contribution is 2.39. The predicted octanol–water partition coefficient (Wildman–Crippen LogP) is -0.0582. The number of rotatable bonds is 3. The summed E-state index contributed by atoms with van der Waals surface area (Å²) in [5.41, 5.74) is 1.01. The lowest BCUT2D eigenvalue weighted by Crippen LogP contribution is -2.78. The van der Waals surface area contributed by atoms with Gasteiger partial charge < -0.3 is 10.0 Å². The number of aliphatic hydroxyl groups is 1. The highest BCUT2D eigenvalue weighted by Gasteiger charge is 2.56. The van der Waals surface area contributed by atoms with Crippen molar-refractivity contribution < 1.29 is 18.3 Å². The van der Waals surface area contributed by atoms with Crippen LogP contribution < -0.4 is 0 Å². The Morgan fingerprint density at radius 1 is 1.19 bits per heavy atom. The summed E-state index contributed by atoms with van der Waals surface area (Å²) in [6.07, 6.45) is 1.64. The van der Waals surface area contributed by atoms with Crippen LogP contribution in [0.2, 0.25) is 0 Å². The fourth-order valence-corrected chi connectivity index (χ4v) is 5.56. The zero-order chi connectivity index (χ0) is 19.4. The maximum Gasteiger partial charge on any atom is 0.219 e. The summed E-state index contributed by atoms with van der Waals surface area (Å²) in [6, 6.07) is 7.30. The largest absolute Gasteiger partial charge is 0.392 e. The van der Waals surface area contributed by atoms with E-state index in [0.29, 0.717) is 18.0 Å². The number of carbonyl (C=O) groups excluding carboxylic acids is 1. The molecular formula is C19H27N3O4S. The summed E-state index contributed by atoms with van der Waals surface area (Å²) in [7, 11) is -3.17. The number of aliphatic hydroxyl groups excluding tert-OH is 1. The lowest BCUT2D eigenvalue weighted by molar-refractivity contribution is -0.149. The van der Waals surface area contributed by atoms with Crippen LogP contribution in [0.4, 0.5) is 0 Å². The van der Waals surface area contributed by atoms with Crippen LogP contribution in [0.3, 0.4) is 0 Å². The van der Waals surface area contributed by atoms with E-state index in [1.54, 1.807) is 19.1 Å². The molecule has 0 radical (unpaired) electrons. The van der Waals surface area contributed by atoms with Crippen molar-refractivity contribution in [1.82, 2.24) is 14.7 Å². The van der Waals surface area contributed by atoms with Crippen molar-refractivity contribution in [3.8, 4) is 0 Å². The Morgan fingerprint density at radius 3 is 2.44 bits per heavy atom. The van der Waals surface area contributed by atoms with Crippen LogP contribution in [-0.2, 0) is 21.2 Å². The topological polar surface area (TPSA) is 81.2 Å². The molecule has 7 nitrogen and oxygen atoms in total. The molecule has 3 heterocycles. The molecule has 1 aromatic rings. The smallest absolute Gasteiger partial charge is 0.219 e. The summed E-state index contributed by atoms with van der Waals surface area (Å²) < 4.78 is 23.2. The second-order valence-electron chi connectivity index (χ2n) is 8.38. The number of likely N-dealkylation sites (tertiary alicyclic amines) is 1. The van der Waals surface area contributed by atoms with Crippen LogP contribution in [-0.4, -0.2) is 90.8 Å². The second kappa shape index (κ2) is 6.55. The van der Waals surface area contributed by atoms with E-state index in [1.807, 2.05) is 17.0 Å². The van der Waals surface area contributed by atoms with Gasteiger partial charge in [0.2, 0.25) is 5.91 Å². The van der Waals surface area contributed by atoms with Gasteiger partial charge in [-0.15, -0.1) is 0 Å². The monoisotopic (exact) mass is 393 g/mol. The summed E-state index contributed by atoms with van der Waals surface area (Å²) in [5, 5.41) is 10.1. The molecule has 0 bridgehead atoms. The first-order chi connectivity index (χ1) is 12.7. The Balaban J connectivity index is 1.44. The summed E-state index contributed by atoms with van der Waals surface area (Å²) in [6.45, 7) is 6.20. The van der Waals surface area contributed by atoms with E-state index >= 15 is 0 Å². The number of piperazine rings is 1. The van der Waals surface area contributed by atoms with Gasteiger partial charge in [0.15, 0.2) is 9.84 Å². The fraction of sp³-hybridized carbons (Fsp3) is 0.632. The van der Waals surface area contributed by atoms with Crippen molar-refractivity contribution in [2.45, 2.75) is 42.5 Å². The Kier molecular flexibility index (Phi) is 4.57. The first kappa shape index (κ1) is 18.9. The Hall–Kier alpha value is -1.48. The van der Waals surface area contributed by atoms with Gasteiger partial charge in [-0.05, 0) is 24.1 Å². The number of sulfone groups is 1. The Morgan fingerprint density at radius 2 is 1.85 bits per heavy atom. The molecule has 3 saturated heterocycles. The Labute approximate surface area is 160 Å². The van der Waals surface area contributed by atoms with Gasteiger partial charge in [0.05, 0.1) is 16.5 Å². The van der Waals surface area contributed by atoms with Crippen LogP contribution in [0.5, 0.6) is 0 Å². The molecule has 1 aromatic carbocycles. The van der Waals surface area contributed by atoms with Crippen LogP contribution in [0.25, 0.3) is 0 Å². The minimum absolute atomic E-state index is 0.0707. The molecule has 0 saturated carbocycles. The SMILES string of the molecule is CC(=O)N1CC2CC(O)CN2C2(CN(Cc3ccc(S(C)(=O)=O)cc3)C2)C1. The molecule has 3 aliphatic rings. The maximum absolute atomic E-state index is 12.0. The summed E-state index contributed by atoms with van der Waals surface area (Å²) in [4.78, 5) is 19.0. The first-order valence-corrected chi connectivity index (χ1v) is 11.3. The number of hydrogen-bond donors (Lipinski definition) is 1. The molecule has 2 atom stereocenters. The molecule has 3 aliphatic heterocycles. The van der Waals surface area contributed by atoms with Crippen LogP contribution >= 0.6 is 0 Å². The lowest BCUT2D eigenvalue weighted by atomic mass is 9.83. The van der Waals surface area contributed by atoms with Crippen molar-refractivity contribution in [2.24, 2.45) is 0 Å². The average molecular weight is 394 g/mol. The van der Waals surface area contributed by atoms with Crippen molar-refractivity contribution >= 4 is 15.7 Å². The van der Waals surface area contributed by atoms with E-state index in [2.05, 4.69) is 9.80 Å². The normalized spacial score (nSPS) is 28.2. The van der Waals surface area contributed by atoms with Gasteiger partial charge in [0.1, 0.15) is 0 Å². The number of carbonyl (C=O) groups is 1. The van der Waals surface area contributed by atoms with Crippen molar-refractivity contribution in [3.63, 3.8) is 0 Å². The third kappa shape index (κ3) is 3.51. The van der Waals surface area contributed by atoms with Crippen LogP contribution in [0, 0.1) is 0 Å². The number of benzene rings is 1. The highest BCUT2D eigenvalue weighted by atomic mass is 32.2. The molecule has 0 aliphatic carbocycles. The zero-order valence-corrected chi connectivity index (χ0v) is 16.7. The molecule has 27 heavy (non-hydrogen) atoms. The third-order valence-corrected chi connectivity index (χ3v) is 7.29. The molecule has 1 spiro atoms. The second-order valence-corrected chi connectivity index (χ2v) is 10.4. The fourth-order valence-electron chi connectivity index (χ4n) is 4.93. The van der Waals surface area contributed by atoms with Gasteiger partial charge in [-0.25, -0.2) is 8.42 Å². The predicted molar refractivity (Wildman–Crippen MR) is 101 cm³/mol. The quantitative estimate of drug-likeness (QED) is 0.775. The highest BCUT2D eigenvalue weighted by molar-refractivity contribution is 7.90. The molecule has 4 rings (SSSR count). The van der Waals surface area contributed by atoms with Gasteiger partial charge in [-0.3, -0.25) is 14.6 Å². The van der Waals surface area contributed by atoms with Gasteiger partial charge >= 0.3 is 0 Å². The van der Waals surface area contributed by atoms with Gasteiger partial charge in [0.25, 0.3) is 0 Å². The van der Waals surface area contributed by atoms with E-state index in [0.717, 1.165) is 38.2 Å². The third-order valence-electron chi connectivity index (χ3n) is 6.16. The number of hydrogen-bond acceptors (Lipinski definition) is 6. The average Bonchev–Trinajstić information content (AvgIpc) is 2.93. The molecule has 8 heteroatoms. The van der Waals surface area contributed by atoms with Crippen LogP contribution in [0.1, 0.15) is 18.9 Å². The molecule has 0 aromatic heterocycles. The van der Waals surface area contributed by atoms with E-state index in [4.69, 9.17) is 0 Å². The zero-order valence-electron chi connectivity index (χ0n) is 15.8. The first-order valence-electron chi connectivity index (χ1n) is 9.38. The number of β-amino-alcohol motifs (C(OH)–C–C–N with tert-alkyl or cyclic N) is 1. The van der Waals surface area contributed by atoms with E-state index in [9.17, 15) is 18.3 Å². The number of fused-ring (bicyclic) bond motifs is 2. The molecule has 1 N–H and O–H groups in total. The van der Waals surface area contributed by atoms with Gasteiger partial charge in [0, 0.05) is 58.5 Å². The van der Waals surface area contributed by atoms with E-state index < -0.39 is 9.84 Å². The molecular weight excluding hydrogens is 366 g/mol. The minimum atomic E-state index is -3.17. The standard InChI is InChI=1S/C19H27N3O4S/c1-14(23)21-9-16-7-17(24)10-22(16)19(13-21)11-20(12-19)8-15-3-5-18(6-4-15)27(2,25)26/h3-6,16-17,24H,7-13H2,1-2H3. The van der Waals surface area contributed by atoms with Gasteiger partial charge in [-0.1, -0.05) is 12.1 Å². The number of nitrogens with zero attached hydrogens (tertiary/aromatic N) is 3. The minimum Gasteiger partial charge on any atom is -0.392 e. The number of amides is 1. The molecule has 148 valence electrons. The maximum atomic E-state index is 12.0. The molecule has 3 fully saturated rings. The van der Waals surface area contributed by atoms with Gasteiger partial charge in [-0.2, -0.15) is 0 Å². The summed E-state index contributed by atoms with van der Waals surface area (Å²) >= 11 is 0. The molecule has 2 unspecified atom stereocenters. The molecule has 1 amide bonds. The van der Waals surface area contributed by atoms with Crippen molar-refractivity contribution in [3.05, 3.63) is 29.8 Å². The lowest BCUT2D eigenvalue weighted by Gasteiger charge is -2.61. The van der Waals surface area contributed by atoms with Crippen molar-refractivity contribution in [2.75, 3.05) is 39.0 Å². The van der Waals surface area contributed by atoms with E-state index in [-0.39, 0.29) is 23.6 Å². The summed E-state index contributed by atoms with van der Waals surface area (Å²) in [5.74, 6) is 0.102.